The highest BCUT2D eigenvalue weighted by atomic mass is 16.4. The maximum atomic E-state index is 10.3. The van der Waals surface area contributed by atoms with Gasteiger partial charge in [0.15, 0.2) is 0 Å². The van der Waals surface area contributed by atoms with Crippen LogP contribution in [0.1, 0.15) is 20.3 Å². The average Bonchev–Trinajstić information content (AvgIpc) is 1.81. The molecule has 1 atom stereocenters. The third-order valence-electron chi connectivity index (χ3n) is 2.13. The summed E-state index contributed by atoms with van der Waals surface area (Å²) < 4.78 is 0. The summed E-state index contributed by atoms with van der Waals surface area (Å²) >= 11 is 0. The Hall–Kier alpha value is -0.570. The second-order valence-corrected chi connectivity index (χ2v) is 3.52. The summed E-state index contributed by atoms with van der Waals surface area (Å²) in [7, 11) is 0. The highest BCUT2D eigenvalue weighted by Crippen LogP contribution is 2.29. The van der Waals surface area contributed by atoms with E-state index in [2.05, 4.69) is 19.2 Å². The minimum atomic E-state index is -0.717. The van der Waals surface area contributed by atoms with Gasteiger partial charge < -0.3 is 10.4 Å². The summed E-state index contributed by atoms with van der Waals surface area (Å²) in [6.07, 6.45) is 0.243. The number of hydrogen-bond acceptors (Lipinski definition) is 2. The minimum absolute atomic E-state index is 0.171. The van der Waals surface area contributed by atoms with Crippen LogP contribution in [0.15, 0.2) is 0 Å². The SMILES string of the molecule is CC1(C)CNC1CC(=O)O. The molecule has 3 nitrogen and oxygen atoms in total. The van der Waals surface area contributed by atoms with Crippen LogP contribution in [0.25, 0.3) is 0 Å². The highest BCUT2D eigenvalue weighted by Gasteiger charge is 2.38. The molecule has 3 heteroatoms. The van der Waals surface area contributed by atoms with E-state index in [4.69, 9.17) is 5.11 Å². The molecule has 0 saturated carbocycles. The van der Waals surface area contributed by atoms with Gasteiger partial charge in [0, 0.05) is 12.6 Å². The number of hydrogen-bond donors (Lipinski definition) is 2. The van der Waals surface area contributed by atoms with Gasteiger partial charge in [-0.05, 0) is 5.41 Å². The van der Waals surface area contributed by atoms with Crippen molar-refractivity contribution in [3.8, 4) is 0 Å². The van der Waals surface area contributed by atoms with Crippen LogP contribution in [-0.2, 0) is 4.79 Å². The van der Waals surface area contributed by atoms with E-state index < -0.39 is 5.97 Å². The smallest absolute Gasteiger partial charge is 0.304 e. The molecule has 1 aliphatic rings. The summed E-state index contributed by atoms with van der Waals surface area (Å²) in [5, 5.41) is 11.5. The van der Waals surface area contributed by atoms with Crippen molar-refractivity contribution in [2.24, 2.45) is 5.41 Å². The number of carboxylic acids is 1. The molecule has 1 aliphatic heterocycles. The molecule has 0 bridgehead atoms. The monoisotopic (exact) mass is 143 g/mol. The molecular weight excluding hydrogens is 130 g/mol. The van der Waals surface area contributed by atoms with Crippen LogP contribution in [0.5, 0.6) is 0 Å². The largest absolute Gasteiger partial charge is 0.481 e. The molecule has 58 valence electrons. The molecule has 10 heavy (non-hydrogen) atoms. The van der Waals surface area contributed by atoms with E-state index in [0.717, 1.165) is 6.54 Å². The minimum Gasteiger partial charge on any atom is -0.481 e. The second-order valence-electron chi connectivity index (χ2n) is 3.52. The van der Waals surface area contributed by atoms with Crippen LogP contribution in [0.3, 0.4) is 0 Å². The lowest BCUT2D eigenvalue weighted by molar-refractivity contribution is -0.139. The Morgan fingerprint density at radius 1 is 1.80 bits per heavy atom. The summed E-state index contributed by atoms with van der Waals surface area (Å²) in [5.74, 6) is -0.717. The van der Waals surface area contributed by atoms with E-state index in [0.29, 0.717) is 0 Å². The lowest BCUT2D eigenvalue weighted by Gasteiger charge is -2.45. The molecule has 2 N–H and O–H groups in total. The van der Waals surface area contributed by atoms with Gasteiger partial charge >= 0.3 is 5.97 Å². The van der Waals surface area contributed by atoms with Gasteiger partial charge in [0.1, 0.15) is 0 Å². The van der Waals surface area contributed by atoms with Crippen LogP contribution in [0, 0.1) is 5.41 Å². The first-order valence-corrected chi connectivity index (χ1v) is 3.47. The Morgan fingerprint density at radius 3 is 2.50 bits per heavy atom. The molecule has 1 fully saturated rings. The molecule has 1 saturated heterocycles. The van der Waals surface area contributed by atoms with Crippen molar-refractivity contribution in [1.82, 2.24) is 5.32 Å². The first-order chi connectivity index (χ1) is 4.52. The van der Waals surface area contributed by atoms with Crippen molar-refractivity contribution in [3.63, 3.8) is 0 Å². The maximum Gasteiger partial charge on any atom is 0.304 e. The van der Waals surface area contributed by atoms with E-state index in [1.165, 1.54) is 0 Å². The first-order valence-electron chi connectivity index (χ1n) is 3.47. The predicted molar refractivity (Wildman–Crippen MR) is 37.8 cm³/mol. The van der Waals surface area contributed by atoms with Gasteiger partial charge in [-0.15, -0.1) is 0 Å². The molecule has 0 aromatic heterocycles. The third-order valence-corrected chi connectivity index (χ3v) is 2.13. The third kappa shape index (κ3) is 1.29. The Kier molecular flexibility index (Phi) is 1.68. The molecule has 0 aliphatic carbocycles. The van der Waals surface area contributed by atoms with E-state index in [1.54, 1.807) is 0 Å². The van der Waals surface area contributed by atoms with Crippen molar-refractivity contribution in [2.45, 2.75) is 26.3 Å². The van der Waals surface area contributed by atoms with Crippen LogP contribution < -0.4 is 5.32 Å². The zero-order valence-corrected chi connectivity index (χ0v) is 6.35. The molecule has 0 radical (unpaired) electrons. The van der Waals surface area contributed by atoms with Crippen molar-refractivity contribution < 1.29 is 9.90 Å². The average molecular weight is 143 g/mol. The van der Waals surface area contributed by atoms with Gasteiger partial charge in [0.05, 0.1) is 6.42 Å². The normalized spacial score (nSPS) is 29.2. The molecule has 0 aromatic rings. The van der Waals surface area contributed by atoms with Crippen molar-refractivity contribution >= 4 is 5.97 Å². The van der Waals surface area contributed by atoms with Crippen LogP contribution >= 0.6 is 0 Å². The number of carboxylic acid groups (broad SMARTS) is 1. The summed E-state index contributed by atoms with van der Waals surface area (Å²) in [6, 6.07) is 0.171. The number of carbonyl (C=O) groups is 1. The standard InChI is InChI=1S/C7H13NO2/c1-7(2)4-8-5(7)3-6(9)10/h5,8H,3-4H2,1-2H3,(H,9,10). The summed E-state index contributed by atoms with van der Waals surface area (Å²) in [5.41, 5.74) is 0.179. The molecule has 1 unspecified atom stereocenters. The zero-order chi connectivity index (χ0) is 7.78. The predicted octanol–water partition coefficient (Wildman–Crippen LogP) is 0.459. The first kappa shape index (κ1) is 7.54. The van der Waals surface area contributed by atoms with Crippen molar-refractivity contribution in [1.29, 1.82) is 0 Å². The number of rotatable bonds is 2. The summed E-state index contributed by atoms with van der Waals surface area (Å²) in [4.78, 5) is 10.3. The Balaban J connectivity index is 2.37. The molecule has 0 spiro atoms. The quantitative estimate of drug-likeness (QED) is 0.590. The topological polar surface area (TPSA) is 49.3 Å². The maximum absolute atomic E-state index is 10.3. The van der Waals surface area contributed by atoms with Crippen LogP contribution in [0.2, 0.25) is 0 Å². The van der Waals surface area contributed by atoms with Crippen molar-refractivity contribution in [3.05, 3.63) is 0 Å². The van der Waals surface area contributed by atoms with Gasteiger partial charge in [-0.3, -0.25) is 4.79 Å². The fourth-order valence-corrected chi connectivity index (χ4v) is 1.18. The van der Waals surface area contributed by atoms with E-state index in [1.807, 2.05) is 0 Å². The summed E-state index contributed by atoms with van der Waals surface area (Å²) in [6.45, 7) is 5.10. The second kappa shape index (κ2) is 2.23. The van der Waals surface area contributed by atoms with E-state index >= 15 is 0 Å². The fraction of sp³-hybridized carbons (Fsp3) is 0.857. The molecule has 1 heterocycles. The Bertz CT molecular complexity index is 154. The zero-order valence-electron chi connectivity index (χ0n) is 6.35. The van der Waals surface area contributed by atoms with Crippen LogP contribution in [0.4, 0.5) is 0 Å². The van der Waals surface area contributed by atoms with Gasteiger partial charge in [0.2, 0.25) is 0 Å². The lowest BCUT2D eigenvalue weighted by Crippen LogP contribution is -2.59. The lowest BCUT2D eigenvalue weighted by atomic mass is 9.76. The Morgan fingerprint density at radius 2 is 2.40 bits per heavy atom. The number of aliphatic carboxylic acids is 1. The van der Waals surface area contributed by atoms with E-state index in [-0.39, 0.29) is 17.9 Å². The van der Waals surface area contributed by atoms with Crippen LogP contribution in [-0.4, -0.2) is 23.7 Å². The van der Waals surface area contributed by atoms with Gasteiger partial charge in [-0.25, -0.2) is 0 Å². The Labute approximate surface area is 60.4 Å². The van der Waals surface area contributed by atoms with Gasteiger partial charge in [-0.1, -0.05) is 13.8 Å². The molecular formula is C7H13NO2. The number of nitrogens with one attached hydrogen (secondary N) is 1. The van der Waals surface area contributed by atoms with E-state index in [9.17, 15) is 4.79 Å². The molecule has 0 amide bonds. The molecule has 1 rings (SSSR count). The fourth-order valence-electron chi connectivity index (χ4n) is 1.18. The van der Waals surface area contributed by atoms with Gasteiger partial charge in [0.25, 0.3) is 0 Å². The highest BCUT2D eigenvalue weighted by molar-refractivity contribution is 5.67. The van der Waals surface area contributed by atoms with Gasteiger partial charge in [-0.2, -0.15) is 0 Å². The van der Waals surface area contributed by atoms with Crippen molar-refractivity contribution in [2.75, 3.05) is 6.54 Å². The molecule has 0 aromatic carbocycles.